The van der Waals surface area contributed by atoms with Gasteiger partial charge in [0.25, 0.3) is 0 Å². The van der Waals surface area contributed by atoms with Crippen LogP contribution in [-0.2, 0) is 9.53 Å². The Morgan fingerprint density at radius 3 is 1.55 bits per heavy atom. The largest absolute Gasteiger partial charge is 0.395 e. The normalized spacial score (nSPS) is 12.4. The number of aliphatic hydroxyl groups is 2. The molecule has 0 aromatic carbocycles. The maximum atomic E-state index is 12.7. The second-order valence-corrected chi connectivity index (χ2v) is 12.5. The van der Waals surface area contributed by atoms with Gasteiger partial charge in [-0.1, -0.05) is 148 Å². The van der Waals surface area contributed by atoms with E-state index >= 15 is 0 Å². The summed E-state index contributed by atoms with van der Waals surface area (Å²) in [6, 6.07) is 0. The van der Waals surface area contributed by atoms with Crippen LogP contribution in [0.2, 0.25) is 0 Å². The maximum Gasteiger partial charge on any atom is 0.222 e. The number of amides is 1. The molecule has 0 radical (unpaired) electrons. The van der Waals surface area contributed by atoms with E-state index in [1.54, 1.807) is 4.90 Å². The Hall–Kier alpha value is -0.910. The van der Waals surface area contributed by atoms with Crippen molar-refractivity contribution in [3.8, 4) is 0 Å². The Balaban J connectivity index is 3.68. The molecule has 0 saturated carbocycles. The summed E-state index contributed by atoms with van der Waals surface area (Å²) in [5.74, 6) is 0.0293. The zero-order valence-corrected chi connectivity index (χ0v) is 28.3. The maximum absolute atomic E-state index is 12.7. The molecule has 42 heavy (non-hydrogen) atoms. The average molecular weight is 596 g/mol. The van der Waals surface area contributed by atoms with Crippen LogP contribution < -0.4 is 0 Å². The molecule has 0 fully saturated rings. The van der Waals surface area contributed by atoms with Crippen molar-refractivity contribution in [3.05, 3.63) is 12.2 Å². The van der Waals surface area contributed by atoms with E-state index in [-0.39, 0.29) is 32.2 Å². The Morgan fingerprint density at radius 1 is 0.643 bits per heavy atom. The fourth-order valence-corrected chi connectivity index (χ4v) is 5.52. The summed E-state index contributed by atoms with van der Waals surface area (Å²) in [5, 5.41) is 19.8. The lowest BCUT2D eigenvalue weighted by molar-refractivity contribution is -0.134. The van der Waals surface area contributed by atoms with Crippen LogP contribution in [0.25, 0.3) is 0 Å². The highest BCUT2D eigenvalue weighted by atomic mass is 16.5. The number of aliphatic hydroxyl groups excluding tert-OH is 2. The number of carbonyl (C=O) groups is 1. The van der Waals surface area contributed by atoms with Crippen molar-refractivity contribution in [1.82, 2.24) is 4.90 Å². The van der Waals surface area contributed by atoms with Crippen LogP contribution in [0.5, 0.6) is 0 Å². The molecule has 0 aliphatic carbocycles. The van der Waals surface area contributed by atoms with Crippen molar-refractivity contribution in [2.24, 2.45) is 0 Å². The summed E-state index contributed by atoms with van der Waals surface area (Å²) in [5.41, 5.74) is 0. The number of hydrogen-bond donors (Lipinski definition) is 2. The number of unbranched alkanes of at least 4 members (excludes halogenated alkanes) is 22. The smallest absolute Gasteiger partial charge is 0.222 e. The van der Waals surface area contributed by atoms with Crippen LogP contribution in [0, 0.1) is 0 Å². The summed E-state index contributed by atoms with van der Waals surface area (Å²) in [4.78, 5) is 14.3. The lowest BCUT2D eigenvalue weighted by atomic mass is 10.1. The van der Waals surface area contributed by atoms with Gasteiger partial charge in [0.1, 0.15) is 0 Å². The number of allylic oxidation sites excluding steroid dienone is 2. The first-order chi connectivity index (χ1) is 20.7. The quantitative estimate of drug-likeness (QED) is 0.0574. The first kappa shape index (κ1) is 41.1. The third-order valence-corrected chi connectivity index (χ3v) is 8.26. The van der Waals surface area contributed by atoms with Crippen LogP contribution in [0.3, 0.4) is 0 Å². The summed E-state index contributed by atoms with van der Waals surface area (Å²) in [6.07, 6.45) is 36.4. The minimum atomic E-state index is -0.702. The van der Waals surface area contributed by atoms with Crippen LogP contribution >= 0.6 is 0 Å². The van der Waals surface area contributed by atoms with Gasteiger partial charge in [-0.15, -0.1) is 0 Å². The molecule has 1 amide bonds. The van der Waals surface area contributed by atoms with Gasteiger partial charge in [-0.2, -0.15) is 0 Å². The summed E-state index contributed by atoms with van der Waals surface area (Å²) < 4.78 is 5.68. The first-order valence-electron chi connectivity index (χ1n) is 18.4. The van der Waals surface area contributed by atoms with Crippen molar-refractivity contribution in [2.45, 2.75) is 187 Å². The van der Waals surface area contributed by atoms with E-state index in [0.717, 1.165) is 32.1 Å². The zero-order valence-electron chi connectivity index (χ0n) is 28.3. The van der Waals surface area contributed by atoms with Crippen molar-refractivity contribution in [1.29, 1.82) is 0 Å². The van der Waals surface area contributed by atoms with Crippen molar-refractivity contribution in [2.75, 3.05) is 32.9 Å². The Kier molecular flexibility index (Phi) is 33.8. The number of rotatable bonds is 34. The van der Waals surface area contributed by atoms with Gasteiger partial charge in [-0.3, -0.25) is 4.79 Å². The third-order valence-electron chi connectivity index (χ3n) is 8.26. The predicted molar refractivity (Wildman–Crippen MR) is 181 cm³/mol. The van der Waals surface area contributed by atoms with Crippen molar-refractivity contribution in [3.63, 3.8) is 0 Å². The highest BCUT2D eigenvalue weighted by Crippen LogP contribution is 2.13. The molecule has 0 aliphatic heterocycles. The average Bonchev–Trinajstić information content (AvgIpc) is 2.99. The molecule has 1 atom stereocenters. The van der Waals surface area contributed by atoms with E-state index in [4.69, 9.17) is 4.74 Å². The number of carbonyl (C=O) groups excluding carboxylic acids is 1. The standard InChI is InChI=1S/C37H73NO4/c1-3-5-7-9-11-13-15-17-18-19-20-22-24-26-28-30-37(41)38(31-32-39)34-36(40)35-42-33-29-27-25-23-21-16-14-12-10-8-6-4-2/h17-18,36,39-40H,3-16,19-35H2,1-2H3/b18-17-. The minimum Gasteiger partial charge on any atom is -0.395 e. The molecule has 0 aromatic heterocycles. The van der Waals surface area contributed by atoms with Gasteiger partial charge in [0.15, 0.2) is 0 Å². The van der Waals surface area contributed by atoms with Crippen LogP contribution in [0.15, 0.2) is 12.2 Å². The van der Waals surface area contributed by atoms with E-state index in [0.29, 0.717) is 13.0 Å². The van der Waals surface area contributed by atoms with E-state index in [1.807, 2.05) is 0 Å². The molecule has 0 saturated heterocycles. The van der Waals surface area contributed by atoms with Crippen LogP contribution in [0.4, 0.5) is 0 Å². The minimum absolute atomic E-state index is 0.0293. The molecule has 5 heteroatoms. The first-order valence-corrected chi connectivity index (χ1v) is 18.4. The molecule has 250 valence electrons. The monoisotopic (exact) mass is 596 g/mol. The third kappa shape index (κ3) is 30.5. The fourth-order valence-electron chi connectivity index (χ4n) is 5.52. The van der Waals surface area contributed by atoms with Gasteiger partial charge in [-0.05, 0) is 38.5 Å². The molecule has 0 rings (SSSR count). The molecule has 2 N–H and O–H groups in total. The van der Waals surface area contributed by atoms with Crippen molar-refractivity contribution < 1.29 is 19.7 Å². The second-order valence-electron chi connectivity index (χ2n) is 12.5. The predicted octanol–water partition coefficient (Wildman–Crippen LogP) is 9.92. The van der Waals surface area contributed by atoms with E-state index in [9.17, 15) is 15.0 Å². The van der Waals surface area contributed by atoms with E-state index in [2.05, 4.69) is 26.0 Å². The molecular weight excluding hydrogens is 522 g/mol. The van der Waals surface area contributed by atoms with Crippen LogP contribution in [0.1, 0.15) is 181 Å². The Bertz CT molecular complexity index is 568. The lowest BCUT2D eigenvalue weighted by Crippen LogP contribution is -2.40. The van der Waals surface area contributed by atoms with Gasteiger partial charge in [0.2, 0.25) is 5.91 Å². The molecule has 0 bridgehead atoms. The van der Waals surface area contributed by atoms with Gasteiger partial charge < -0.3 is 19.8 Å². The molecule has 1 unspecified atom stereocenters. The van der Waals surface area contributed by atoms with Gasteiger partial charge in [-0.25, -0.2) is 0 Å². The zero-order chi connectivity index (χ0) is 30.8. The number of hydrogen-bond acceptors (Lipinski definition) is 4. The topological polar surface area (TPSA) is 70.0 Å². The molecule has 0 heterocycles. The van der Waals surface area contributed by atoms with Gasteiger partial charge in [0, 0.05) is 26.1 Å². The van der Waals surface area contributed by atoms with Gasteiger partial charge in [0.05, 0.1) is 19.3 Å². The Labute approximate surface area is 262 Å². The summed E-state index contributed by atoms with van der Waals surface area (Å²) in [7, 11) is 0. The van der Waals surface area contributed by atoms with Gasteiger partial charge >= 0.3 is 0 Å². The summed E-state index contributed by atoms with van der Waals surface area (Å²) >= 11 is 0. The second kappa shape index (κ2) is 34.6. The molecule has 0 aromatic rings. The van der Waals surface area contributed by atoms with E-state index < -0.39 is 6.10 Å². The van der Waals surface area contributed by atoms with E-state index in [1.165, 1.54) is 128 Å². The Morgan fingerprint density at radius 2 is 1.07 bits per heavy atom. The van der Waals surface area contributed by atoms with Crippen LogP contribution in [-0.4, -0.2) is 60.0 Å². The number of ether oxygens (including phenoxy) is 1. The lowest BCUT2D eigenvalue weighted by Gasteiger charge is -2.24. The SMILES string of the molecule is CCCCCCCC/C=C\CCCCCCCC(=O)N(CCO)CC(O)COCCCCCCCCCCCCCC. The fraction of sp³-hybridized carbons (Fsp3) is 0.919. The highest BCUT2D eigenvalue weighted by molar-refractivity contribution is 5.76. The molecule has 5 nitrogen and oxygen atoms in total. The molecular formula is C37H73NO4. The number of nitrogens with zero attached hydrogens (tertiary/aromatic N) is 1. The summed E-state index contributed by atoms with van der Waals surface area (Å²) in [6.45, 7) is 5.88. The highest BCUT2D eigenvalue weighted by Gasteiger charge is 2.17. The van der Waals surface area contributed by atoms with Crippen molar-refractivity contribution >= 4 is 5.91 Å². The molecule has 0 aliphatic rings. The molecule has 0 spiro atoms.